The maximum absolute atomic E-state index is 12.2. The summed E-state index contributed by atoms with van der Waals surface area (Å²) in [7, 11) is 0. The maximum Gasteiger partial charge on any atom is 0.315 e. The lowest BCUT2D eigenvalue weighted by Crippen LogP contribution is -2.31. The lowest BCUT2D eigenvalue weighted by molar-refractivity contribution is -0.149. The first-order chi connectivity index (χ1) is 9.50. The van der Waals surface area contributed by atoms with E-state index in [1.807, 2.05) is 49.6 Å². The third kappa shape index (κ3) is 3.62. The quantitative estimate of drug-likeness (QED) is 0.762. The second kappa shape index (κ2) is 6.42. The maximum atomic E-state index is 12.2. The van der Waals surface area contributed by atoms with Crippen molar-refractivity contribution in [3.8, 4) is 0 Å². The summed E-state index contributed by atoms with van der Waals surface area (Å²) in [6.07, 6.45) is 0.759. The van der Waals surface area contributed by atoms with E-state index < -0.39 is 5.41 Å². The van der Waals surface area contributed by atoms with Gasteiger partial charge in [0.2, 0.25) is 0 Å². The third-order valence-electron chi connectivity index (χ3n) is 3.22. The lowest BCUT2D eigenvalue weighted by atomic mass is 9.85. The summed E-state index contributed by atoms with van der Waals surface area (Å²) in [5, 5.41) is 2.65. The molecule has 1 aromatic carbocycles. The van der Waals surface area contributed by atoms with E-state index in [1.54, 1.807) is 17.4 Å². The molecular formula is C16H17ClO2S. The normalized spacial score (nSPS) is 11.3. The molecule has 2 aromatic rings. The first-order valence-corrected chi connectivity index (χ1v) is 7.71. The average molecular weight is 309 g/mol. The molecule has 0 amide bonds. The number of carbonyl (C=O) groups excluding carboxylic acids is 1. The first-order valence-electron chi connectivity index (χ1n) is 6.46. The molecule has 0 bridgehead atoms. The lowest BCUT2D eigenvalue weighted by Gasteiger charge is -2.23. The number of ether oxygens (including phenoxy) is 1. The summed E-state index contributed by atoms with van der Waals surface area (Å²) in [5.41, 5.74) is 0.173. The van der Waals surface area contributed by atoms with Crippen molar-refractivity contribution in [3.63, 3.8) is 0 Å². The van der Waals surface area contributed by atoms with Crippen LogP contribution in [0.15, 0.2) is 41.8 Å². The Bertz CT molecular complexity index is 576. The second-order valence-electron chi connectivity index (χ2n) is 5.10. The number of hydrogen-bond acceptors (Lipinski definition) is 3. The molecule has 0 aliphatic rings. The van der Waals surface area contributed by atoms with E-state index in [2.05, 4.69) is 0 Å². The summed E-state index contributed by atoms with van der Waals surface area (Å²) in [4.78, 5) is 13.5. The Morgan fingerprint density at radius 3 is 2.75 bits per heavy atom. The molecule has 0 spiro atoms. The van der Waals surface area contributed by atoms with Gasteiger partial charge in [-0.15, -0.1) is 11.3 Å². The van der Waals surface area contributed by atoms with E-state index in [-0.39, 0.29) is 5.97 Å². The molecule has 0 aliphatic heterocycles. The fraction of sp³-hybridized carbons (Fsp3) is 0.312. The highest BCUT2D eigenvalue weighted by Gasteiger charge is 2.31. The zero-order valence-electron chi connectivity index (χ0n) is 11.6. The topological polar surface area (TPSA) is 26.3 Å². The zero-order chi connectivity index (χ0) is 14.6. The molecule has 2 nitrogen and oxygen atoms in total. The molecule has 0 unspecified atom stereocenters. The van der Waals surface area contributed by atoms with E-state index in [4.69, 9.17) is 16.3 Å². The molecule has 20 heavy (non-hydrogen) atoms. The van der Waals surface area contributed by atoms with Crippen LogP contribution >= 0.6 is 22.9 Å². The summed E-state index contributed by atoms with van der Waals surface area (Å²) in [5.74, 6) is -0.226. The van der Waals surface area contributed by atoms with E-state index in [9.17, 15) is 4.79 Å². The van der Waals surface area contributed by atoms with Crippen molar-refractivity contribution in [1.82, 2.24) is 0 Å². The van der Waals surface area contributed by atoms with Gasteiger partial charge in [0.15, 0.2) is 0 Å². The van der Waals surface area contributed by atoms with Crippen molar-refractivity contribution in [2.24, 2.45) is 0 Å². The zero-order valence-corrected chi connectivity index (χ0v) is 13.1. The molecule has 0 radical (unpaired) electrons. The molecule has 0 saturated carbocycles. The second-order valence-corrected chi connectivity index (χ2v) is 6.57. The van der Waals surface area contributed by atoms with E-state index in [0.717, 1.165) is 12.0 Å². The molecule has 0 atom stereocenters. The molecule has 1 aromatic heterocycles. The summed E-state index contributed by atoms with van der Waals surface area (Å²) < 4.78 is 5.40. The van der Waals surface area contributed by atoms with Gasteiger partial charge in [-0.2, -0.15) is 0 Å². The Kier molecular flexibility index (Phi) is 4.84. The standard InChI is InChI=1S/C16H17ClO2S/c1-16(2,12-5-3-6-13(17)11-12)15(18)19-9-8-14-7-4-10-20-14/h3-7,10-11H,8-9H2,1-2H3. The van der Waals surface area contributed by atoms with Crippen LogP contribution in [-0.4, -0.2) is 12.6 Å². The van der Waals surface area contributed by atoms with Crippen molar-refractivity contribution in [3.05, 3.63) is 57.2 Å². The molecule has 4 heteroatoms. The number of carbonyl (C=O) groups is 1. The Morgan fingerprint density at radius 1 is 1.30 bits per heavy atom. The van der Waals surface area contributed by atoms with Gasteiger partial charge in [-0.1, -0.05) is 29.8 Å². The molecule has 0 saturated heterocycles. The Balaban J connectivity index is 1.96. The Morgan fingerprint density at radius 2 is 2.10 bits per heavy atom. The van der Waals surface area contributed by atoms with Crippen molar-refractivity contribution in [2.75, 3.05) is 6.61 Å². The van der Waals surface area contributed by atoms with Crippen molar-refractivity contribution < 1.29 is 9.53 Å². The van der Waals surface area contributed by atoms with Gasteiger partial charge in [0.05, 0.1) is 12.0 Å². The van der Waals surface area contributed by atoms with Crippen molar-refractivity contribution in [2.45, 2.75) is 25.7 Å². The largest absolute Gasteiger partial charge is 0.465 e. The van der Waals surface area contributed by atoms with E-state index >= 15 is 0 Å². The van der Waals surface area contributed by atoms with Crippen LogP contribution in [0.2, 0.25) is 5.02 Å². The van der Waals surface area contributed by atoms with Gasteiger partial charge in [0.1, 0.15) is 0 Å². The number of hydrogen-bond donors (Lipinski definition) is 0. The predicted octanol–water partition coefficient (Wildman–Crippen LogP) is 4.47. The Hall–Kier alpha value is -1.32. The van der Waals surface area contributed by atoms with Crippen LogP contribution in [0.5, 0.6) is 0 Å². The van der Waals surface area contributed by atoms with Gasteiger partial charge in [0.25, 0.3) is 0 Å². The van der Waals surface area contributed by atoms with Crippen LogP contribution in [0.3, 0.4) is 0 Å². The van der Waals surface area contributed by atoms with Crippen LogP contribution in [0.1, 0.15) is 24.3 Å². The molecule has 0 aliphatic carbocycles. The molecule has 1 heterocycles. The van der Waals surface area contributed by atoms with Gasteiger partial charge in [-0.05, 0) is 43.0 Å². The van der Waals surface area contributed by atoms with E-state index in [0.29, 0.717) is 11.6 Å². The highest BCUT2D eigenvalue weighted by Crippen LogP contribution is 2.27. The van der Waals surface area contributed by atoms with Gasteiger partial charge in [0, 0.05) is 16.3 Å². The third-order valence-corrected chi connectivity index (χ3v) is 4.39. The van der Waals surface area contributed by atoms with Gasteiger partial charge in [-0.3, -0.25) is 4.79 Å². The molecule has 0 N–H and O–H groups in total. The highest BCUT2D eigenvalue weighted by atomic mass is 35.5. The first kappa shape index (κ1) is 15.1. The highest BCUT2D eigenvalue weighted by molar-refractivity contribution is 7.09. The molecule has 2 rings (SSSR count). The minimum atomic E-state index is -0.694. The van der Waals surface area contributed by atoms with E-state index in [1.165, 1.54) is 4.88 Å². The van der Waals surface area contributed by atoms with Crippen molar-refractivity contribution >= 4 is 28.9 Å². The fourth-order valence-electron chi connectivity index (χ4n) is 1.87. The van der Waals surface area contributed by atoms with Gasteiger partial charge >= 0.3 is 5.97 Å². The number of rotatable bonds is 5. The summed E-state index contributed by atoms with van der Waals surface area (Å²) in [6, 6.07) is 11.4. The number of esters is 1. The van der Waals surface area contributed by atoms with Crippen LogP contribution < -0.4 is 0 Å². The summed E-state index contributed by atoms with van der Waals surface area (Å²) in [6.45, 7) is 4.11. The minimum absolute atomic E-state index is 0.226. The smallest absolute Gasteiger partial charge is 0.315 e. The predicted molar refractivity (Wildman–Crippen MR) is 83.5 cm³/mol. The minimum Gasteiger partial charge on any atom is -0.465 e. The molecule has 106 valence electrons. The monoisotopic (exact) mass is 308 g/mol. The molecule has 0 fully saturated rings. The Labute approximate surface area is 128 Å². The average Bonchev–Trinajstić information content (AvgIpc) is 2.91. The van der Waals surface area contributed by atoms with Gasteiger partial charge in [-0.25, -0.2) is 0 Å². The van der Waals surface area contributed by atoms with Crippen LogP contribution in [-0.2, 0) is 21.4 Å². The van der Waals surface area contributed by atoms with Crippen LogP contribution in [0, 0.1) is 0 Å². The fourth-order valence-corrected chi connectivity index (χ4v) is 2.76. The summed E-state index contributed by atoms with van der Waals surface area (Å²) >= 11 is 7.65. The number of thiophene rings is 1. The van der Waals surface area contributed by atoms with Gasteiger partial charge < -0.3 is 4.74 Å². The van der Waals surface area contributed by atoms with Crippen LogP contribution in [0.4, 0.5) is 0 Å². The number of halogens is 1. The van der Waals surface area contributed by atoms with Crippen LogP contribution in [0.25, 0.3) is 0 Å². The number of benzene rings is 1. The molecular weight excluding hydrogens is 292 g/mol. The SMILES string of the molecule is CC(C)(C(=O)OCCc1cccs1)c1cccc(Cl)c1. The van der Waals surface area contributed by atoms with Crippen molar-refractivity contribution in [1.29, 1.82) is 0 Å².